The van der Waals surface area contributed by atoms with Crippen molar-refractivity contribution in [3.63, 3.8) is 0 Å². The SMILES string of the molecule is CCCNC(=O)C1CCCN(C(=O)C(C)(C)N)C1. The third kappa shape index (κ3) is 3.98. The van der Waals surface area contributed by atoms with Gasteiger partial charge in [0.1, 0.15) is 0 Å². The summed E-state index contributed by atoms with van der Waals surface area (Å²) in [5, 5.41) is 2.89. The fourth-order valence-electron chi connectivity index (χ4n) is 2.18. The molecular formula is C13H25N3O2. The van der Waals surface area contributed by atoms with Gasteiger partial charge in [-0.2, -0.15) is 0 Å². The fraction of sp³-hybridized carbons (Fsp3) is 0.846. The van der Waals surface area contributed by atoms with E-state index in [1.54, 1.807) is 18.7 Å². The Morgan fingerprint density at radius 1 is 1.44 bits per heavy atom. The van der Waals surface area contributed by atoms with Crippen LogP contribution in [-0.4, -0.2) is 41.9 Å². The van der Waals surface area contributed by atoms with Crippen LogP contribution in [0.5, 0.6) is 0 Å². The topological polar surface area (TPSA) is 75.4 Å². The second-order valence-electron chi connectivity index (χ2n) is 5.60. The zero-order chi connectivity index (χ0) is 13.8. The number of nitrogens with two attached hydrogens (primary N) is 1. The van der Waals surface area contributed by atoms with E-state index >= 15 is 0 Å². The van der Waals surface area contributed by atoms with Crippen LogP contribution < -0.4 is 11.1 Å². The Morgan fingerprint density at radius 2 is 2.11 bits per heavy atom. The molecule has 5 heteroatoms. The number of carbonyl (C=O) groups is 2. The molecule has 0 bridgehead atoms. The average molecular weight is 255 g/mol. The van der Waals surface area contributed by atoms with Crippen LogP contribution in [0, 0.1) is 5.92 Å². The van der Waals surface area contributed by atoms with E-state index in [4.69, 9.17) is 5.73 Å². The number of likely N-dealkylation sites (tertiary alicyclic amines) is 1. The Kier molecular flexibility index (Phi) is 5.14. The predicted molar refractivity (Wildman–Crippen MR) is 70.9 cm³/mol. The molecule has 1 atom stereocenters. The Balaban J connectivity index is 2.56. The molecule has 1 saturated heterocycles. The van der Waals surface area contributed by atoms with Gasteiger partial charge in [0.25, 0.3) is 0 Å². The molecule has 104 valence electrons. The van der Waals surface area contributed by atoms with Gasteiger partial charge < -0.3 is 16.0 Å². The smallest absolute Gasteiger partial charge is 0.242 e. The lowest BCUT2D eigenvalue weighted by molar-refractivity contribution is -0.139. The lowest BCUT2D eigenvalue weighted by Gasteiger charge is -2.35. The molecule has 0 aromatic carbocycles. The summed E-state index contributed by atoms with van der Waals surface area (Å²) in [5.41, 5.74) is 4.96. The summed E-state index contributed by atoms with van der Waals surface area (Å²) < 4.78 is 0. The first kappa shape index (κ1) is 15.0. The molecule has 1 aliphatic heterocycles. The van der Waals surface area contributed by atoms with Crippen molar-refractivity contribution in [2.75, 3.05) is 19.6 Å². The fourth-order valence-corrected chi connectivity index (χ4v) is 2.18. The summed E-state index contributed by atoms with van der Waals surface area (Å²) in [7, 11) is 0. The minimum Gasteiger partial charge on any atom is -0.356 e. The maximum absolute atomic E-state index is 12.1. The van der Waals surface area contributed by atoms with Crippen molar-refractivity contribution >= 4 is 11.8 Å². The summed E-state index contributed by atoms with van der Waals surface area (Å²) >= 11 is 0. The molecule has 1 aliphatic rings. The molecule has 1 heterocycles. The molecule has 3 N–H and O–H groups in total. The first-order valence-electron chi connectivity index (χ1n) is 6.72. The van der Waals surface area contributed by atoms with Crippen LogP contribution in [-0.2, 0) is 9.59 Å². The predicted octanol–water partition coefficient (Wildman–Crippen LogP) is 0.489. The van der Waals surface area contributed by atoms with Gasteiger partial charge in [-0.3, -0.25) is 9.59 Å². The van der Waals surface area contributed by atoms with Crippen LogP contribution in [0.4, 0.5) is 0 Å². The molecule has 0 spiro atoms. The van der Waals surface area contributed by atoms with E-state index in [2.05, 4.69) is 5.32 Å². The molecule has 1 rings (SSSR count). The molecule has 0 saturated carbocycles. The van der Waals surface area contributed by atoms with Crippen molar-refractivity contribution in [2.45, 2.75) is 45.6 Å². The average Bonchev–Trinajstić information content (AvgIpc) is 2.34. The first-order chi connectivity index (χ1) is 8.36. The summed E-state index contributed by atoms with van der Waals surface area (Å²) in [5.74, 6) is -0.101. The molecule has 0 radical (unpaired) electrons. The molecule has 0 aromatic heterocycles. The second-order valence-corrected chi connectivity index (χ2v) is 5.60. The van der Waals surface area contributed by atoms with Crippen molar-refractivity contribution < 1.29 is 9.59 Å². The molecule has 2 amide bonds. The number of amides is 2. The highest BCUT2D eigenvalue weighted by atomic mass is 16.2. The van der Waals surface area contributed by atoms with Gasteiger partial charge in [-0.15, -0.1) is 0 Å². The van der Waals surface area contributed by atoms with Gasteiger partial charge in [-0.1, -0.05) is 6.92 Å². The maximum Gasteiger partial charge on any atom is 0.242 e. The van der Waals surface area contributed by atoms with Crippen molar-refractivity contribution in [1.82, 2.24) is 10.2 Å². The normalized spacial score (nSPS) is 20.7. The molecular weight excluding hydrogens is 230 g/mol. The van der Waals surface area contributed by atoms with E-state index < -0.39 is 5.54 Å². The van der Waals surface area contributed by atoms with Crippen molar-refractivity contribution in [3.8, 4) is 0 Å². The third-order valence-corrected chi connectivity index (χ3v) is 3.18. The van der Waals surface area contributed by atoms with Crippen LogP contribution >= 0.6 is 0 Å². The molecule has 5 nitrogen and oxygen atoms in total. The Bertz CT molecular complexity index is 310. The number of hydrogen-bond donors (Lipinski definition) is 2. The zero-order valence-corrected chi connectivity index (χ0v) is 11.7. The van der Waals surface area contributed by atoms with Crippen LogP contribution in [0.1, 0.15) is 40.0 Å². The largest absolute Gasteiger partial charge is 0.356 e. The van der Waals surface area contributed by atoms with Crippen molar-refractivity contribution in [2.24, 2.45) is 11.7 Å². The van der Waals surface area contributed by atoms with Gasteiger partial charge in [0.15, 0.2) is 0 Å². The highest BCUT2D eigenvalue weighted by molar-refractivity contribution is 5.86. The van der Waals surface area contributed by atoms with E-state index in [1.807, 2.05) is 6.92 Å². The van der Waals surface area contributed by atoms with E-state index in [1.165, 1.54) is 0 Å². The van der Waals surface area contributed by atoms with Crippen LogP contribution in [0.2, 0.25) is 0 Å². The van der Waals surface area contributed by atoms with Gasteiger partial charge >= 0.3 is 0 Å². The Labute approximate surface area is 109 Å². The van der Waals surface area contributed by atoms with E-state index in [0.29, 0.717) is 19.6 Å². The summed E-state index contributed by atoms with van der Waals surface area (Å²) in [6, 6.07) is 0. The first-order valence-corrected chi connectivity index (χ1v) is 6.72. The number of nitrogens with one attached hydrogen (secondary N) is 1. The Morgan fingerprint density at radius 3 is 2.67 bits per heavy atom. The van der Waals surface area contributed by atoms with Gasteiger partial charge in [-0.05, 0) is 33.1 Å². The van der Waals surface area contributed by atoms with Crippen LogP contribution in [0.25, 0.3) is 0 Å². The third-order valence-electron chi connectivity index (χ3n) is 3.18. The van der Waals surface area contributed by atoms with Crippen molar-refractivity contribution in [1.29, 1.82) is 0 Å². The van der Waals surface area contributed by atoms with Crippen LogP contribution in [0.3, 0.4) is 0 Å². The molecule has 18 heavy (non-hydrogen) atoms. The van der Waals surface area contributed by atoms with Crippen LogP contribution in [0.15, 0.2) is 0 Å². The second kappa shape index (κ2) is 6.18. The Hall–Kier alpha value is -1.10. The highest BCUT2D eigenvalue weighted by Crippen LogP contribution is 2.19. The minimum absolute atomic E-state index is 0.0594. The number of nitrogens with zero attached hydrogens (tertiary/aromatic N) is 1. The van der Waals surface area contributed by atoms with Gasteiger partial charge in [0, 0.05) is 19.6 Å². The molecule has 1 unspecified atom stereocenters. The number of rotatable bonds is 4. The molecule has 0 aromatic rings. The zero-order valence-electron chi connectivity index (χ0n) is 11.7. The maximum atomic E-state index is 12.1. The van der Waals surface area contributed by atoms with Gasteiger partial charge in [0.05, 0.1) is 11.5 Å². The standard InChI is InChI=1S/C13H25N3O2/c1-4-7-15-11(17)10-6-5-8-16(9-10)12(18)13(2,3)14/h10H,4-9,14H2,1-3H3,(H,15,17). The van der Waals surface area contributed by atoms with E-state index in [9.17, 15) is 9.59 Å². The number of piperidine rings is 1. The number of hydrogen-bond acceptors (Lipinski definition) is 3. The number of carbonyl (C=O) groups excluding carboxylic acids is 2. The molecule has 0 aliphatic carbocycles. The van der Waals surface area contributed by atoms with Crippen molar-refractivity contribution in [3.05, 3.63) is 0 Å². The summed E-state index contributed by atoms with van der Waals surface area (Å²) in [6.45, 7) is 7.33. The highest BCUT2D eigenvalue weighted by Gasteiger charge is 2.33. The monoisotopic (exact) mass is 255 g/mol. The van der Waals surface area contributed by atoms with E-state index in [-0.39, 0.29) is 17.7 Å². The summed E-state index contributed by atoms with van der Waals surface area (Å²) in [6.07, 6.45) is 2.65. The lowest BCUT2D eigenvalue weighted by Crippen LogP contribution is -2.55. The lowest BCUT2D eigenvalue weighted by atomic mass is 9.95. The summed E-state index contributed by atoms with van der Waals surface area (Å²) in [4.78, 5) is 25.7. The minimum atomic E-state index is -0.859. The van der Waals surface area contributed by atoms with Gasteiger partial charge in [0.2, 0.25) is 11.8 Å². The molecule has 1 fully saturated rings. The quantitative estimate of drug-likeness (QED) is 0.767. The van der Waals surface area contributed by atoms with E-state index in [0.717, 1.165) is 19.3 Å². The van der Waals surface area contributed by atoms with Gasteiger partial charge in [-0.25, -0.2) is 0 Å².